The van der Waals surface area contributed by atoms with Crippen molar-refractivity contribution in [3.63, 3.8) is 0 Å². The summed E-state index contributed by atoms with van der Waals surface area (Å²) >= 11 is 4.71. The van der Waals surface area contributed by atoms with Crippen LogP contribution in [-0.2, 0) is 9.59 Å². The third-order valence-electron chi connectivity index (χ3n) is 5.86. The van der Waals surface area contributed by atoms with Crippen LogP contribution in [0, 0.1) is 0 Å². The number of ether oxygens (including phenoxy) is 2. The van der Waals surface area contributed by atoms with Gasteiger partial charge in [0.1, 0.15) is 17.2 Å². The van der Waals surface area contributed by atoms with Crippen LogP contribution in [0.1, 0.15) is 15.9 Å². The van der Waals surface area contributed by atoms with Crippen molar-refractivity contribution in [1.82, 2.24) is 5.32 Å². The Kier molecular flexibility index (Phi) is 10.8. The van der Waals surface area contributed by atoms with Crippen molar-refractivity contribution in [1.29, 1.82) is 0 Å². The maximum Gasteiger partial charge on any atom is 0.272 e. The number of hydrogen-bond donors (Lipinski definition) is 3. The van der Waals surface area contributed by atoms with Crippen molar-refractivity contribution in [3.05, 3.63) is 118 Å². The number of carbonyl (C=O) groups excluding carboxylic acids is 3. The van der Waals surface area contributed by atoms with Gasteiger partial charge in [-0.15, -0.1) is 11.8 Å². The number of carbonyl (C=O) groups is 3. The van der Waals surface area contributed by atoms with E-state index in [-0.39, 0.29) is 17.4 Å². The van der Waals surface area contributed by atoms with Gasteiger partial charge in [-0.05, 0) is 72.8 Å². The first-order valence-electron chi connectivity index (χ1n) is 12.7. The molecular weight excluding hydrogens is 618 g/mol. The number of amides is 3. The van der Waals surface area contributed by atoms with Gasteiger partial charge in [-0.1, -0.05) is 40.2 Å². The summed E-state index contributed by atoms with van der Waals surface area (Å²) in [6.45, 7) is 0. The van der Waals surface area contributed by atoms with Gasteiger partial charge in [0.2, 0.25) is 5.91 Å². The smallest absolute Gasteiger partial charge is 0.272 e. The molecule has 42 heavy (non-hydrogen) atoms. The fraction of sp³-hybridized carbons (Fsp3) is 0.0938. The largest absolute Gasteiger partial charge is 0.497 e. The molecule has 0 radical (unpaired) electrons. The fourth-order valence-corrected chi connectivity index (χ4v) is 4.80. The summed E-state index contributed by atoms with van der Waals surface area (Å²) in [7, 11) is 3.06. The normalized spacial score (nSPS) is 10.9. The minimum absolute atomic E-state index is 0.0132. The molecule has 4 rings (SSSR count). The molecule has 0 atom stereocenters. The van der Waals surface area contributed by atoms with Gasteiger partial charge in [0.05, 0.1) is 20.0 Å². The van der Waals surface area contributed by atoms with Crippen molar-refractivity contribution in [2.75, 3.05) is 30.6 Å². The van der Waals surface area contributed by atoms with Crippen LogP contribution in [0.2, 0.25) is 0 Å². The molecule has 0 aliphatic carbocycles. The molecule has 4 aromatic rings. The lowest BCUT2D eigenvalue weighted by atomic mass is 10.1. The van der Waals surface area contributed by atoms with Gasteiger partial charge in [-0.3, -0.25) is 14.4 Å². The van der Waals surface area contributed by atoms with Crippen LogP contribution in [0.3, 0.4) is 0 Å². The molecule has 214 valence electrons. The third kappa shape index (κ3) is 8.73. The van der Waals surface area contributed by atoms with E-state index in [2.05, 4.69) is 31.9 Å². The second kappa shape index (κ2) is 14.9. The predicted octanol–water partition coefficient (Wildman–Crippen LogP) is 6.61. The van der Waals surface area contributed by atoms with Crippen LogP contribution in [0.25, 0.3) is 6.08 Å². The molecule has 0 unspecified atom stereocenters. The van der Waals surface area contributed by atoms with Gasteiger partial charge in [-0.2, -0.15) is 0 Å². The van der Waals surface area contributed by atoms with E-state index in [4.69, 9.17) is 9.47 Å². The Bertz CT molecular complexity index is 1590. The summed E-state index contributed by atoms with van der Waals surface area (Å²) in [5.41, 5.74) is 2.19. The van der Waals surface area contributed by atoms with E-state index < -0.39 is 11.8 Å². The number of halogens is 1. The monoisotopic (exact) mass is 645 g/mol. The van der Waals surface area contributed by atoms with Crippen LogP contribution in [0.5, 0.6) is 11.5 Å². The van der Waals surface area contributed by atoms with Crippen LogP contribution in [-0.4, -0.2) is 37.7 Å². The molecule has 0 aromatic heterocycles. The highest BCUT2D eigenvalue weighted by molar-refractivity contribution is 9.10. The molecule has 0 saturated carbocycles. The van der Waals surface area contributed by atoms with Crippen molar-refractivity contribution in [2.45, 2.75) is 4.90 Å². The van der Waals surface area contributed by atoms with Crippen LogP contribution < -0.4 is 25.4 Å². The molecule has 0 fully saturated rings. The number of nitrogens with one attached hydrogen (secondary N) is 3. The lowest BCUT2D eigenvalue weighted by molar-refractivity contribution is -0.114. The minimum Gasteiger partial charge on any atom is -0.497 e. The highest BCUT2D eigenvalue weighted by Gasteiger charge is 2.17. The molecule has 0 aliphatic heterocycles. The lowest BCUT2D eigenvalue weighted by Gasteiger charge is -2.13. The Balaban J connectivity index is 1.50. The molecule has 0 heterocycles. The quantitative estimate of drug-likeness (QED) is 0.125. The first kappa shape index (κ1) is 30.4. The number of methoxy groups -OCH3 is 2. The van der Waals surface area contributed by atoms with Gasteiger partial charge < -0.3 is 25.4 Å². The van der Waals surface area contributed by atoms with Gasteiger partial charge in [0.15, 0.2) is 0 Å². The summed E-state index contributed by atoms with van der Waals surface area (Å²) in [5, 5.41) is 8.43. The van der Waals surface area contributed by atoms with E-state index in [1.807, 2.05) is 30.3 Å². The van der Waals surface area contributed by atoms with Gasteiger partial charge in [0.25, 0.3) is 11.8 Å². The Morgan fingerprint density at radius 2 is 1.57 bits per heavy atom. The third-order valence-corrected chi connectivity index (χ3v) is 7.38. The van der Waals surface area contributed by atoms with E-state index in [9.17, 15) is 14.4 Å². The van der Waals surface area contributed by atoms with Crippen molar-refractivity contribution >= 4 is 62.9 Å². The number of hydrogen-bond acceptors (Lipinski definition) is 6. The predicted molar refractivity (Wildman–Crippen MR) is 170 cm³/mol. The molecule has 0 aliphatic rings. The molecule has 4 aromatic carbocycles. The van der Waals surface area contributed by atoms with E-state index >= 15 is 0 Å². The zero-order chi connectivity index (χ0) is 29.9. The molecular formula is C32H28BrN3O5S. The maximum atomic E-state index is 13.5. The van der Waals surface area contributed by atoms with Crippen molar-refractivity contribution in [2.24, 2.45) is 0 Å². The van der Waals surface area contributed by atoms with E-state index in [0.29, 0.717) is 34.0 Å². The summed E-state index contributed by atoms with van der Waals surface area (Å²) in [4.78, 5) is 39.7. The van der Waals surface area contributed by atoms with Crippen LogP contribution >= 0.6 is 27.7 Å². The SMILES string of the molecule is COc1ccc(/C=C(/NC(=O)c2ccccc2)C(=O)Nc2cccc(SCC(=O)Nc3ccc(Br)cc3)c2)c(OC)c1. The van der Waals surface area contributed by atoms with Gasteiger partial charge in [-0.25, -0.2) is 0 Å². The molecule has 3 amide bonds. The second-order valence-electron chi connectivity index (χ2n) is 8.81. The van der Waals surface area contributed by atoms with Crippen molar-refractivity contribution in [3.8, 4) is 11.5 Å². The average Bonchev–Trinajstić information content (AvgIpc) is 3.01. The Hall–Kier alpha value is -4.54. The fourth-order valence-electron chi connectivity index (χ4n) is 3.78. The first-order valence-corrected chi connectivity index (χ1v) is 14.5. The molecule has 0 spiro atoms. The zero-order valence-corrected chi connectivity index (χ0v) is 25.3. The Labute approximate surface area is 256 Å². The van der Waals surface area contributed by atoms with E-state index in [1.165, 1.54) is 18.9 Å². The second-order valence-corrected chi connectivity index (χ2v) is 10.8. The number of rotatable bonds is 11. The molecule has 3 N–H and O–H groups in total. The zero-order valence-electron chi connectivity index (χ0n) is 22.8. The molecule has 0 bridgehead atoms. The lowest BCUT2D eigenvalue weighted by Crippen LogP contribution is -2.30. The van der Waals surface area contributed by atoms with Crippen molar-refractivity contribution < 1.29 is 23.9 Å². The minimum atomic E-state index is -0.535. The molecule has 0 saturated heterocycles. The summed E-state index contributed by atoms with van der Waals surface area (Å²) < 4.78 is 11.7. The number of benzene rings is 4. The average molecular weight is 647 g/mol. The summed E-state index contributed by atoms with van der Waals surface area (Å²) in [6, 6.07) is 28.2. The highest BCUT2D eigenvalue weighted by atomic mass is 79.9. The van der Waals surface area contributed by atoms with Gasteiger partial charge >= 0.3 is 0 Å². The standard InChI is InChI=1S/C32H28BrN3O5S/c1-40-26-16-11-22(29(19-26)41-2)17-28(36-31(38)21-7-4-3-5-8-21)32(39)35-25-9-6-10-27(18-25)42-20-30(37)34-24-14-12-23(33)13-15-24/h3-19H,20H2,1-2H3,(H,34,37)(H,35,39)(H,36,38)/b28-17+. The van der Waals surface area contributed by atoms with Gasteiger partial charge in [0, 0.05) is 37.9 Å². The highest BCUT2D eigenvalue weighted by Crippen LogP contribution is 2.27. The molecule has 10 heteroatoms. The first-order chi connectivity index (χ1) is 20.3. The topological polar surface area (TPSA) is 106 Å². The van der Waals surface area contributed by atoms with Crippen LogP contribution in [0.4, 0.5) is 11.4 Å². The van der Waals surface area contributed by atoms with E-state index in [0.717, 1.165) is 9.37 Å². The maximum absolute atomic E-state index is 13.5. The Morgan fingerprint density at radius 3 is 2.29 bits per heavy atom. The van der Waals surface area contributed by atoms with E-state index in [1.54, 1.807) is 79.9 Å². The summed E-state index contributed by atoms with van der Waals surface area (Å²) in [6.07, 6.45) is 1.54. The summed E-state index contributed by atoms with van der Waals surface area (Å²) in [5.74, 6) is 0.108. The number of anilines is 2. The van der Waals surface area contributed by atoms with Crippen LogP contribution in [0.15, 0.2) is 112 Å². The number of thioether (sulfide) groups is 1. The Morgan fingerprint density at radius 1 is 0.810 bits per heavy atom. The molecule has 8 nitrogen and oxygen atoms in total.